The van der Waals surface area contributed by atoms with Crippen molar-refractivity contribution in [3.8, 4) is 0 Å². The van der Waals surface area contributed by atoms with Crippen LogP contribution in [0.3, 0.4) is 0 Å². The summed E-state index contributed by atoms with van der Waals surface area (Å²) < 4.78 is 0. The van der Waals surface area contributed by atoms with Crippen molar-refractivity contribution in [1.29, 1.82) is 0 Å². The Labute approximate surface area is 159 Å². The molecule has 1 heterocycles. The quantitative estimate of drug-likeness (QED) is 0.628. The molecule has 4 rings (SSSR count). The molecule has 0 aliphatic carbocycles. The number of fused-ring (bicyclic) bond motifs is 1. The van der Waals surface area contributed by atoms with E-state index in [0.717, 1.165) is 43.3 Å². The Kier molecular flexibility index (Phi) is 5.19. The van der Waals surface area contributed by atoms with Crippen LogP contribution in [0.1, 0.15) is 11.1 Å². The number of benzene rings is 3. The van der Waals surface area contributed by atoms with Gasteiger partial charge in [0.2, 0.25) is 0 Å². The molecule has 132 valence electrons. The summed E-state index contributed by atoms with van der Waals surface area (Å²) in [7, 11) is 0. The molecule has 0 spiro atoms. The van der Waals surface area contributed by atoms with Crippen LogP contribution < -0.4 is 0 Å². The highest BCUT2D eigenvalue weighted by molar-refractivity contribution is 6.30. The number of halogens is 1. The van der Waals surface area contributed by atoms with Crippen molar-refractivity contribution in [1.82, 2.24) is 9.91 Å². The van der Waals surface area contributed by atoms with Crippen molar-refractivity contribution < 1.29 is 0 Å². The van der Waals surface area contributed by atoms with Gasteiger partial charge in [-0.25, -0.2) is 0 Å². The smallest absolute Gasteiger partial charge is 0.0542 e. The maximum atomic E-state index is 5.92. The van der Waals surface area contributed by atoms with Crippen molar-refractivity contribution >= 4 is 28.6 Å². The molecule has 0 amide bonds. The molecule has 3 aromatic carbocycles. The maximum absolute atomic E-state index is 5.92. The third-order valence-electron chi connectivity index (χ3n) is 4.86. The normalized spacial score (nSPS) is 15.8. The fourth-order valence-electron chi connectivity index (χ4n) is 3.38. The molecule has 1 aliphatic rings. The van der Waals surface area contributed by atoms with E-state index in [-0.39, 0.29) is 0 Å². The molecular weight excluding hydrogens is 342 g/mol. The molecule has 1 aliphatic heterocycles. The zero-order chi connectivity index (χ0) is 17.8. The third kappa shape index (κ3) is 4.06. The number of hydrogen-bond acceptors (Lipinski definition) is 3. The number of nitrogens with zero attached hydrogens (tertiary/aromatic N) is 3. The zero-order valence-corrected chi connectivity index (χ0v) is 15.4. The van der Waals surface area contributed by atoms with E-state index in [1.54, 1.807) is 0 Å². The summed E-state index contributed by atoms with van der Waals surface area (Å²) in [5.74, 6) is 0. The van der Waals surface area contributed by atoms with E-state index in [2.05, 4.69) is 57.5 Å². The third-order valence-corrected chi connectivity index (χ3v) is 5.11. The summed E-state index contributed by atoms with van der Waals surface area (Å²) in [5, 5.41) is 10.2. The van der Waals surface area contributed by atoms with Gasteiger partial charge < -0.3 is 0 Å². The lowest BCUT2D eigenvalue weighted by molar-refractivity contribution is 0.131. The Morgan fingerprint density at radius 3 is 2.38 bits per heavy atom. The summed E-state index contributed by atoms with van der Waals surface area (Å²) in [6, 6.07) is 23.0. The monoisotopic (exact) mass is 363 g/mol. The van der Waals surface area contributed by atoms with E-state index in [1.807, 2.05) is 30.5 Å². The molecule has 0 N–H and O–H groups in total. The van der Waals surface area contributed by atoms with E-state index in [0.29, 0.717) is 0 Å². The minimum Gasteiger partial charge on any atom is -0.295 e. The van der Waals surface area contributed by atoms with Gasteiger partial charge in [0.25, 0.3) is 0 Å². The van der Waals surface area contributed by atoms with Gasteiger partial charge in [0.15, 0.2) is 0 Å². The van der Waals surface area contributed by atoms with Crippen LogP contribution in [0.4, 0.5) is 0 Å². The van der Waals surface area contributed by atoms with Crippen molar-refractivity contribution in [2.75, 3.05) is 26.2 Å². The van der Waals surface area contributed by atoms with Crippen molar-refractivity contribution in [2.24, 2.45) is 5.10 Å². The van der Waals surface area contributed by atoms with Crippen LogP contribution in [0.5, 0.6) is 0 Å². The highest BCUT2D eigenvalue weighted by atomic mass is 35.5. The fraction of sp³-hybridized carbons (Fsp3) is 0.227. The van der Waals surface area contributed by atoms with Crippen LogP contribution in [0.15, 0.2) is 71.8 Å². The molecule has 0 saturated carbocycles. The largest absolute Gasteiger partial charge is 0.295 e. The van der Waals surface area contributed by atoms with Gasteiger partial charge in [0.05, 0.1) is 6.21 Å². The molecule has 1 saturated heterocycles. The number of piperazine rings is 1. The molecule has 4 heteroatoms. The predicted molar refractivity (Wildman–Crippen MR) is 110 cm³/mol. The Morgan fingerprint density at radius 2 is 1.58 bits per heavy atom. The molecule has 1 fully saturated rings. The van der Waals surface area contributed by atoms with E-state index in [9.17, 15) is 0 Å². The summed E-state index contributed by atoms with van der Waals surface area (Å²) in [6.45, 7) is 4.96. The average molecular weight is 364 g/mol. The van der Waals surface area contributed by atoms with Crippen molar-refractivity contribution in [3.05, 3.63) is 82.9 Å². The highest BCUT2D eigenvalue weighted by Gasteiger charge is 2.16. The van der Waals surface area contributed by atoms with Crippen molar-refractivity contribution in [3.63, 3.8) is 0 Å². The molecule has 0 aromatic heterocycles. The number of rotatable bonds is 4. The van der Waals surface area contributed by atoms with Gasteiger partial charge in [-0.1, -0.05) is 66.2 Å². The molecular formula is C22H22ClN3. The van der Waals surface area contributed by atoms with Crippen LogP contribution in [-0.2, 0) is 6.54 Å². The van der Waals surface area contributed by atoms with Gasteiger partial charge in [0.1, 0.15) is 0 Å². The summed E-state index contributed by atoms with van der Waals surface area (Å²) in [4.78, 5) is 2.51. The molecule has 0 atom stereocenters. The average Bonchev–Trinajstić information content (AvgIpc) is 2.69. The number of hydrogen-bond donors (Lipinski definition) is 0. The first-order valence-corrected chi connectivity index (χ1v) is 9.39. The second-order valence-electron chi connectivity index (χ2n) is 6.66. The lowest BCUT2D eigenvalue weighted by Gasteiger charge is -2.33. The van der Waals surface area contributed by atoms with E-state index in [4.69, 9.17) is 11.6 Å². The van der Waals surface area contributed by atoms with E-state index < -0.39 is 0 Å². The molecule has 3 aromatic rings. The Morgan fingerprint density at radius 1 is 0.846 bits per heavy atom. The first kappa shape index (κ1) is 17.1. The maximum Gasteiger partial charge on any atom is 0.0542 e. The van der Waals surface area contributed by atoms with E-state index in [1.165, 1.54) is 16.3 Å². The van der Waals surface area contributed by atoms with Crippen LogP contribution in [-0.4, -0.2) is 42.3 Å². The molecule has 3 nitrogen and oxygen atoms in total. The molecule has 26 heavy (non-hydrogen) atoms. The van der Waals surface area contributed by atoms with Gasteiger partial charge in [-0.2, -0.15) is 5.10 Å². The Balaban J connectivity index is 1.35. The molecule has 0 bridgehead atoms. The van der Waals surface area contributed by atoms with Gasteiger partial charge in [-0.05, 0) is 34.0 Å². The van der Waals surface area contributed by atoms with Crippen LogP contribution in [0.25, 0.3) is 10.8 Å². The van der Waals surface area contributed by atoms with Crippen LogP contribution in [0.2, 0.25) is 5.02 Å². The SMILES string of the molecule is Clc1ccc(/C=N\N2CCN(Cc3cccc4ccccc34)CC2)cc1. The van der Waals surface area contributed by atoms with Crippen LogP contribution >= 0.6 is 11.6 Å². The predicted octanol–water partition coefficient (Wildman–Crippen LogP) is 4.64. The van der Waals surface area contributed by atoms with Gasteiger partial charge in [-0.15, -0.1) is 0 Å². The van der Waals surface area contributed by atoms with Crippen LogP contribution in [0, 0.1) is 0 Å². The van der Waals surface area contributed by atoms with Gasteiger partial charge >= 0.3 is 0 Å². The van der Waals surface area contributed by atoms with Crippen molar-refractivity contribution in [2.45, 2.75) is 6.54 Å². The lowest BCUT2D eigenvalue weighted by Crippen LogP contribution is -2.43. The zero-order valence-electron chi connectivity index (χ0n) is 14.7. The van der Waals surface area contributed by atoms with Gasteiger partial charge in [-0.3, -0.25) is 9.91 Å². The van der Waals surface area contributed by atoms with Gasteiger partial charge in [0, 0.05) is 37.7 Å². The molecule has 0 unspecified atom stereocenters. The Hall–Kier alpha value is -2.36. The minimum atomic E-state index is 0.754. The standard InChI is InChI=1S/C22H22ClN3/c23-21-10-8-18(9-11-21)16-24-26-14-12-25(13-15-26)17-20-6-3-5-19-4-1-2-7-22(19)20/h1-11,16H,12-15,17H2/b24-16-. The van der Waals surface area contributed by atoms with E-state index >= 15 is 0 Å². The first-order valence-electron chi connectivity index (χ1n) is 9.01. The number of hydrazone groups is 1. The Bertz CT molecular complexity index is 891. The minimum absolute atomic E-state index is 0.754. The highest BCUT2D eigenvalue weighted by Crippen LogP contribution is 2.20. The summed E-state index contributed by atoms with van der Waals surface area (Å²) in [5.41, 5.74) is 2.48. The first-order chi connectivity index (χ1) is 12.8. The second-order valence-corrected chi connectivity index (χ2v) is 7.10. The fourth-order valence-corrected chi connectivity index (χ4v) is 3.51. The summed E-state index contributed by atoms with van der Waals surface area (Å²) >= 11 is 5.92. The molecule has 0 radical (unpaired) electrons. The topological polar surface area (TPSA) is 18.8 Å². The lowest BCUT2D eigenvalue weighted by atomic mass is 10.0. The second kappa shape index (κ2) is 7.90. The summed E-state index contributed by atoms with van der Waals surface area (Å²) in [6.07, 6.45) is 1.91.